The van der Waals surface area contributed by atoms with Crippen molar-refractivity contribution in [2.45, 2.75) is 32.2 Å². The van der Waals surface area contributed by atoms with Crippen LogP contribution in [0.5, 0.6) is 0 Å². The molecule has 0 bridgehead atoms. The predicted molar refractivity (Wildman–Crippen MR) is 84.8 cm³/mol. The van der Waals surface area contributed by atoms with Gasteiger partial charge in [-0.15, -0.1) is 0 Å². The summed E-state index contributed by atoms with van der Waals surface area (Å²) in [7, 11) is 0. The zero-order valence-electron chi connectivity index (χ0n) is 13.4. The minimum absolute atomic E-state index is 0.168. The van der Waals surface area contributed by atoms with Gasteiger partial charge in [-0.05, 0) is 31.2 Å². The van der Waals surface area contributed by atoms with Gasteiger partial charge < -0.3 is 10.0 Å². The van der Waals surface area contributed by atoms with Crippen LogP contribution < -0.4 is 0 Å². The largest absolute Gasteiger partial charge is 0.476 e. The van der Waals surface area contributed by atoms with Crippen LogP contribution in [0, 0.1) is 0 Å². The average molecular weight is 329 g/mol. The van der Waals surface area contributed by atoms with Gasteiger partial charge in [0.15, 0.2) is 5.69 Å². The Labute approximate surface area is 139 Å². The Kier molecular flexibility index (Phi) is 4.54. The first kappa shape index (κ1) is 16.1. The van der Waals surface area contributed by atoms with Crippen molar-refractivity contribution in [1.82, 2.24) is 24.6 Å². The molecule has 0 saturated carbocycles. The first-order valence-corrected chi connectivity index (χ1v) is 7.95. The smallest absolute Gasteiger partial charge is 0.356 e. The molecule has 126 valence electrons. The maximum absolute atomic E-state index is 12.4. The number of aromatic carboxylic acids is 1. The molecule has 1 fully saturated rings. The molecule has 1 amide bonds. The maximum Gasteiger partial charge on any atom is 0.356 e. The fourth-order valence-electron chi connectivity index (χ4n) is 2.89. The molecular formula is C16H19N5O3. The summed E-state index contributed by atoms with van der Waals surface area (Å²) in [5, 5.41) is 13.1. The monoisotopic (exact) mass is 329 g/mol. The third-order valence-corrected chi connectivity index (χ3v) is 4.32. The molecule has 0 atom stereocenters. The number of carbonyl (C=O) groups is 2. The first-order chi connectivity index (χ1) is 11.6. The summed E-state index contributed by atoms with van der Waals surface area (Å²) in [5.74, 6) is -0.952. The third-order valence-electron chi connectivity index (χ3n) is 4.32. The summed E-state index contributed by atoms with van der Waals surface area (Å²) < 4.78 is 1.91. The second-order valence-corrected chi connectivity index (χ2v) is 5.79. The van der Waals surface area contributed by atoms with Crippen molar-refractivity contribution in [2.75, 3.05) is 13.1 Å². The van der Waals surface area contributed by atoms with Crippen LogP contribution >= 0.6 is 0 Å². The van der Waals surface area contributed by atoms with Gasteiger partial charge in [-0.3, -0.25) is 9.48 Å². The SMILES string of the molecule is CCn1cc(C2CCN(C(=O)c3cnc(C(=O)O)cn3)CC2)cn1. The molecule has 0 aliphatic carbocycles. The van der Waals surface area contributed by atoms with Crippen molar-refractivity contribution >= 4 is 11.9 Å². The van der Waals surface area contributed by atoms with Crippen molar-refractivity contribution < 1.29 is 14.7 Å². The number of carboxylic acids is 1. The number of aryl methyl sites for hydroxylation is 1. The Morgan fingerprint density at radius 1 is 1.17 bits per heavy atom. The van der Waals surface area contributed by atoms with E-state index in [0.29, 0.717) is 19.0 Å². The third kappa shape index (κ3) is 3.27. The van der Waals surface area contributed by atoms with Crippen LogP contribution in [0.2, 0.25) is 0 Å². The van der Waals surface area contributed by atoms with Crippen molar-refractivity contribution in [3.8, 4) is 0 Å². The topological polar surface area (TPSA) is 101 Å². The lowest BCUT2D eigenvalue weighted by molar-refractivity contribution is 0.0679. The highest BCUT2D eigenvalue weighted by molar-refractivity contribution is 5.92. The molecule has 1 N–H and O–H groups in total. The quantitative estimate of drug-likeness (QED) is 0.910. The predicted octanol–water partition coefficient (Wildman–Crippen LogP) is 1.41. The zero-order chi connectivity index (χ0) is 17.1. The first-order valence-electron chi connectivity index (χ1n) is 7.95. The van der Waals surface area contributed by atoms with Gasteiger partial charge in [-0.25, -0.2) is 14.8 Å². The van der Waals surface area contributed by atoms with Crippen LogP contribution in [-0.2, 0) is 6.54 Å². The van der Waals surface area contributed by atoms with Crippen molar-refractivity contribution in [3.05, 3.63) is 41.7 Å². The number of carbonyl (C=O) groups excluding carboxylic acids is 1. The van der Waals surface area contributed by atoms with E-state index >= 15 is 0 Å². The Balaban J connectivity index is 1.61. The molecule has 3 heterocycles. The highest BCUT2D eigenvalue weighted by Crippen LogP contribution is 2.28. The van der Waals surface area contributed by atoms with E-state index in [1.807, 2.05) is 10.9 Å². The van der Waals surface area contributed by atoms with Crippen LogP contribution in [0.4, 0.5) is 0 Å². The molecule has 2 aromatic rings. The van der Waals surface area contributed by atoms with Crippen LogP contribution in [-0.4, -0.2) is 54.7 Å². The van der Waals surface area contributed by atoms with E-state index in [-0.39, 0.29) is 17.3 Å². The molecule has 1 saturated heterocycles. The van der Waals surface area contributed by atoms with Gasteiger partial charge in [-0.1, -0.05) is 0 Å². The molecule has 1 aliphatic rings. The number of hydrogen-bond donors (Lipinski definition) is 1. The number of likely N-dealkylation sites (tertiary alicyclic amines) is 1. The summed E-state index contributed by atoms with van der Waals surface area (Å²) in [6, 6.07) is 0. The van der Waals surface area contributed by atoms with Crippen LogP contribution in [0.15, 0.2) is 24.8 Å². The maximum atomic E-state index is 12.4. The number of rotatable bonds is 4. The number of carboxylic acid groups (broad SMARTS) is 1. The summed E-state index contributed by atoms with van der Waals surface area (Å²) in [4.78, 5) is 32.6. The molecule has 0 unspecified atom stereocenters. The second-order valence-electron chi connectivity index (χ2n) is 5.79. The lowest BCUT2D eigenvalue weighted by Crippen LogP contribution is -2.38. The van der Waals surface area contributed by atoms with E-state index in [2.05, 4.69) is 28.2 Å². The van der Waals surface area contributed by atoms with Gasteiger partial charge in [0.1, 0.15) is 5.69 Å². The molecular weight excluding hydrogens is 310 g/mol. The zero-order valence-corrected chi connectivity index (χ0v) is 13.4. The van der Waals surface area contributed by atoms with Gasteiger partial charge in [0.05, 0.1) is 18.6 Å². The molecule has 3 rings (SSSR count). The van der Waals surface area contributed by atoms with Gasteiger partial charge in [-0.2, -0.15) is 5.10 Å². The molecule has 0 radical (unpaired) electrons. The molecule has 8 heteroatoms. The average Bonchev–Trinajstić information content (AvgIpc) is 3.10. The van der Waals surface area contributed by atoms with Crippen molar-refractivity contribution in [2.24, 2.45) is 0 Å². The van der Waals surface area contributed by atoms with E-state index in [0.717, 1.165) is 25.6 Å². The number of nitrogens with zero attached hydrogens (tertiary/aromatic N) is 5. The molecule has 2 aromatic heterocycles. The van der Waals surface area contributed by atoms with Gasteiger partial charge in [0.25, 0.3) is 5.91 Å². The summed E-state index contributed by atoms with van der Waals surface area (Å²) in [6.45, 7) is 4.18. The Bertz CT molecular complexity index is 732. The molecule has 0 aromatic carbocycles. The lowest BCUT2D eigenvalue weighted by atomic mass is 9.91. The van der Waals surface area contributed by atoms with E-state index in [1.165, 1.54) is 11.8 Å². The Hall–Kier alpha value is -2.77. The fraction of sp³-hybridized carbons (Fsp3) is 0.438. The summed E-state index contributed by atoms with van der Waals surface area (Å²) in [6.07, 6.45) is 8.06. The molecule has 24 heavy (non-hydrogen) atoms. The van der Waals surface area contributed by atoms with E-state index in [4.69, 9.17) is 5.11 Å². The van der Waals surface area contributed by atoms with Crippen LogP contribution in [0.1, 0.15) is 52.2 Å². The number of aromatic nitrogens is 4. The number of hydrogen-bond acceptors (Lipinski definition) is 5. The van der Waals surface area contributed by atoms with Crippen molar-refractivity contribution in [3.63, 3.8) is 0 Å². The van der Waals surface area contributed by atoms with E-state index < -0.39 is 5.97 Å². The van der Waals surface area contributed by atoms with Crippen LogP contribution in [0.25, 0.3) is 0 Å². The van der Waals surface area contributed by atoms with Crippen molar-refractivity contribution in [1.29, 1.82) is 0 Å². The minimum Gasteiger partial charge on any atom is -0.476 e. The fourth-order valence-corrected chi connectivity index (χ4v) is 2.89. The van der Waals surface area contributed by atoms with Gasteiger partial charge >= 0.3 is 5.97 Å². The lowest BCUT2D eigenvalue weighted by Gasteiger charge is -2.31. The highest BCUT2D eigenvalue weighted by Gasteiger charge is 2.26. The molecule has 0 spiro atoms. The standard InChI is InChI=1S/C16H19N5O3/c1-2-21-10-12(7-19-21)11-3-5-20(6-4-11)15(22)13-8-18-14(9-17-13)16(23)24/h7-11H,2-6H2,1H3,(H,23,24). The van der Waals surface area contributed by atoms with Gasteiger partial charge in [0, 0.05) is 25.8 Å². The summed E-state index contributed by atoms with van der Waals surface area (Å²) >= 11 is 0. The van der Waals surface area contributed by atoms with E-state index in [9.17, 15) is 9.59 Å². The minimum atomic E-state index is -1.16. The van der Waals surface area contributed by atoms with E-state index in [1.54, 1.807) is 4.90 Å². The summed E-state index contributed by atoms with van der Waals surface area (Å²) in [5.41, 5.74) is 1.23. The Morgan fingerprint density at radius 2 is 1.83 bits per heavy atom. The normalized spacial score (nSPS) is 15.5. The van der Waals surface area contributed by atoms with Gasteiger partial charge in [0.2, 0.25) is 0 Å². The molecule has 1 aliphatic heterocycles. The second kappa shape index (κ2) is 6.77. The Morgan fingerprint density at radius 3 is 2.38 bits per heavy atom. The van der Waals surface area contributed by atoms with Crippen LogP contribution in [0.3, 0.4) is 0 Å². The highest BCUT2D eigenvalue weighted by atomic mass is 16.4. The molecule has 8 nitrogen and oxygen atoms in total. The number of piperidine rings is 1. The number of amides is 1.